The van der Waals surface area contributed by atoms with Crippen molar-refractivity contribution >= 4 is 22.8 Å². The highest BCUT2D eigenvalue weighted by Gasteiger charge is 2.42. The second-order valence-electron chi connectivity index (χ2n) is 6.16. The number of nitriles is 1. The van der Waals surface area contributed by atoms with Gasteiger partial charge in [-0.05, 0) is 38.3 Å². The van der Waals surface area contributed by atoms with Crippen molar-refractivity contribution in [3.05, 3.63) is 30.0 Å². The summed E-state index contributed by atoms with van der Waals surface area (Å²) in [5.74, 6) is -0.00399. The Morgan fingerprint density at radius 2 is 1.83 bits per heavy atom. The van der Waals surface area contributed by atoms with Gasteiger partial charge in [-0.15, -0.1) is 0 Å². The Morgan fingerprint density at radius 3 is 2.42 bits per heavy atom. The van der Waals surface area contributed by atoms with Gasteiger partial charge < -0.3 is 9.64 Å². The maximum atomic E-state index is 12.3. The fraction of sp³-hybridized carbons (Fsp3) is 0.444. The Balaban J connectivity index is 2.23. The summed E-state index contributed by atoms with van der Waals surface area (Å²) in [5, 5.41) is 9.70. The van der Waals surface area contributed by atoms with Gasteiger partial charge in [-0.3, -0.25) is 0 Å². The average Bonchev–Trinajstić information content (AvgIpc) is 2.66. The van der Waals surface area contributed by atoms with E-state index in [2.05, 4.69) is 16.0 Å². The van der Waals surface area contributed by atoms with Crippen molar-refractivity contribution in [1.29, 1.82) is 5.26 Å². The lowest BCUT2D eigenvalue weighted by Crippen LogP contribution is -2.38. The molecule has 24 heavy (non-hydrogen) atoms. The van der Waals surface area contributed by atoms with Crippen LogP contribution in [0.25, 0.3) is 11.0 Å². The first-order valence-electron chi connectivity index (χ1n) is 8.12. The van der Waals surface area contributed by atoms with E-state index >= 15 is 0 Å². The number of fused-ring (bicyclic) bond motifs is 1. The second-order valence-corrected chi connectivity index (χ2v) is 6.16. The molecule has 0 N–H and O–H groups in total. The number of nitrogens with zero attached hydrogens (tertiary/aromatic N) is 4. The number of esters is 1. The molecule has 0 bridgehead atoms. The minimum atomic E-state index is -1.49. The lowest BCUT2D eigenvalue weighted by atomic mass is 9.87. The highest BCUT2D eigenvalue weighted by molar-refractivity contribution is 5.89. The Kier molecular flexibility index (Phi) is 4.34. The first kappa shape index (κ1) is 16.2. The molecular weight excluding hydrogens is 304 g/mol. The fourth-order valence-electron chi connectivity index (χ4n) is 3.05. The molecule has 3 rings (SSSR count). The van der Waals surface area contributed by atoms with Gasteiger partial charge in [0.15, 0.2) is 11.2 Å². The van der Waals surface area contributed by atoms with Crippen molar-refractivity contribution < 1.29 is 9.53 Å². The van der Waals surface area contributed by atoms with E-state index in [0.29, 0.717) is 17.0 Å². The Labute approximate surface area is 141 Å². The number of para-hydroxylation sites is 2. The molecule has 0 radical (unpaired) electrons. The summed E-state index contributed by atoms with van der Waals surface area (Å²) in [5.41, 5.74) is 0.307. The summed E-state index contributed by atoms with van der Waals surface area (Å²) in [6.45, 7) is 3.25. The zero-order valence-electron chi connectivity index (χ0n) is 14.0. The quantitative estimate of drug-likeness (QED) is 0.807. The predicted octanol–water partition coefficient (Wildman–Crippen LogP) is 2.57. The lowest BCUT2D eigenvalue weighted by Gasteiger charge is -2.31. The van der Waals surface area contributed by atoms with E-state index in [-0.39, 0.29) is 0 Å². The van der Waals surface area contributed by atoms with E-state index in [1.165, 1.54) is 13.5 Å². The van der Waals surface area contributed by atoms with Crippen LogP contribution in [-0.4, -0.2) is 36.1 Å². The Morgan fingerprint density at radius 1 is 1.21 bits per heavy atom. The van der Waals surface area contributed by atoms with Crippen molar-refractivity contribution in [2.24, 2.45) is 0 Å². The number of hydrogen-bond acceptors (Lipinski definition) is 6. The predicted molar refractivity (Wildman–Crippen MR) is 90.6 cm³/mol. The maximum Gasteiger partial charge on any atom is 0.332 e. The van der Waals surface area contributed by atoms with E-state index in [4.69, 9.17) is 9.72 Å². The van der Waals surface area contributed by atoms with Gasteiger partial charge in [0.05, 0.1) is 24.2 Å². The third-order valence-corrected chi connectivity index (χ3v) is 4.50. The third-order valence-electron chi connectivity index (χ3n) is 4.50. The average molecular weight is 324 g/mol. The molecule has 1 saturated heterocycles. The summed E-state index contributed by atoms with van der Waals surface area (Å²) in [7, 11) is 1.28. The molecule has 6 heteroatoms. The lowest BCUT2D eigenvalue weighted by molar-refractivity contribution is -0.144. The minimum Gasteiger partial charge on any atom is -0.468 e. The van der Waals surface area contributed by atoms with Crippen molar-refractivity contribution in [2.75, 3.05) is 25.1 Å². The molecular formula is C18H20N4O2. The van der Waals surface area contributed by atoms with Crippen molar-refractivity contribution in [2.45, 2.75) is 31.6 Å². The number of aromatic nitrogens is 2. The Hall–Kier alpha value is -2.68. The van der Waals surface area contributed by atoms with Gasteiger partial charge in [-0.1, -0.05) is 12.1 Å². The SMILES string of the molecule is COC(=O)C(C)(C#N)c1nc2ccccc2nc1N1CCCCC1. The van der Waals surface area contributed by atoms with Crippen LogP contribution < -0.4 is 4.90 Å². The molecule has 1 unspecified atom stereocenters. The largest absolute Gasteiger partial charge is 0.468 e. The van der Waals surface area contributed by atoms with Crippen LogP contribution >= 0.6 is 0 Å². The van der Waals surface area contributed by atoms with Gasteiger partial charge >= 0.3 is 5.97 Å². The smallest absolute Gasteiger partial charge is 0.332 e. The highest BCUT2D eigenvalue weighted by Crippen LogP contribution is 2.33. The van der Waals surface area contributed by atoms with Gasteiger partial charge in [0.1, 0.15) is 5.69 Å². The summed E-state index contributed by atoms with van der Waals surface area (Å²) < 4.78 is 4.87. The number of anilines is 1. The molecule has 1 aliphatic rings. The molecule has 2 aromatic rings. The zero-order valence-corrected chi connectivity index (χ0v) is 14.0. The van der Waals surface area contributed by atoms with Gasteiger partial charge in [-0.2, -0.15) is 5.26 Å². The van der Waals surface area contributed by atoms with Gasteiger partial charge in [0.25, 0.3) is 0 Å². The number of ether oxygens (including phenoxy) is 1. The van der Waals surface area contributed by atoms with Crippen LogP contribution in [0.2, 0.25) is 0 Å². The molecule has 0 aliphatic carbocycles. The van der Waals surface area contributed by atoms with Gasteiger partial charge in [-0.25, -0.2) is 14.8 Å². The van der Waals surface area contributed by atoms with Crippen molar-refractivity contribution in [1.82, 2.24) is 9.97 Å². The monoisotopic (exact) mass is 324 g/mol. The number of carbonyl (C=O) groups is 1. The van der Waals surface area contributed by atoms with E-state index in [1.54, 1.807) is 6.92 Å². The first-order valence-corrected chi connectivity index (χ1v) is 8.12. The molecule has 0 saturated carbocycles. The van der Waals surface area contributed by atoms with E-state index in [1.807, 2.05) is 24.3 Å². The molecule has 6 nitrogen and oxygen atoms in total. The van der Waals surface area contributed by atoms with Crippen LogP contribution in [0.15, 0.2) is 24.3 Å². The molecule has 2 heterocycles. The zero-order chi connectivity index (χ0) is 17.2. The Bertz CT molecular complexity index is 808. The van der Waals surface area contributed by atoms with Crippen LogP contribution in [-0.2, 0) is 14.9 Å². The molecule has 1 fully saturated rings. The van der Waals surface area contributed by atoms with Crippen LogP contribution in [0, 0.1) is 11.3 Å². The molecule has 0 amide bonds. The molecule has 1 atom stereocenters. The summed E-state index contributed by atoms with van der Waals surface area (Å²) in [4.78, 5) is 23.8. The van der Waals surface area contributed by atoms with Gasteiger partial charge in [0, 0.05) is 13.1 Å². The summed E-state index contributed by atoms with van der Waals surface area (Å²) in [6.07, 6.45) is 3.31. The van der Waals surface area contributed by atoms with Crippen molar-refractivity contribution in [3.63, 3.8) is 0 Å². The van der Waals surface area contributed by atoms with Crippen LogP contribution in [0.4, 0.5) is 5.82 Å². The minimum absolute atomic E-state index is 0.373. The normalized spacial score (nSPS) is 17.1. The molecule has 124 valence electrons. The number of rotatable bonds is 3. The van der Waals surface area contributed by atoms with E-state index < -0.39 is 11.4 Å². The fourth-order valence-corrected chi connectivity index (χ4v) is 3.05. The number of methoxy groups -OCH3 is 1. The van der Waals surface area contributed by atoms with E-state index in [0.717, 1.165) is 31.4 Å². The van der Waals surface area contributed by atoms with E-state index in [9.17, 15) is 10.1 Å². The highest BCUT2D eigenvalue weighted by atomic mass is 16.5. The molecule has 0 spiro atoms. The van der Waals surface area contributed by atoms with Crippen LogP contribution in [0.1, 0.15) is 31.9 Å². The van der Waals surface area contributed by atoms with Crippen molar-refractivity contribution in [3.8, 4) is 6.07 Å². The maximum absolute atomic E-state index is 12.3. The standard InChI is InChI=1S/C18H20N4O2/c1-18(12-19,17(23)24-2)15-16(22-10-6-3-7-11-22)21-14-9-5-4-8-13(14)20-15/h4-5,8-9H,3,6-7,10-11H2,1-2H3. The third kappa shape index (κ3) is 2.67. The first-order chi connectivity index (χ1) is 11.6. The number of piperidine rings is 1. The second kappa shape index (κ2) is 6.44. The van der Waals surface area contributed by atoms with Gasteiger partial charge in [0.2, 0.25) is 0 Å². The number of hydrogen-bond donors (Lipinski definition) is 0. The number of carbonyl (C=O) groups excluding carboxylic acids is 1. The summed E-state index contributed by atoms with van der Waals surface area (Å²) in [6, 6.07) is 9.58. The molecule has 1 aromatic carbocycles. The summed E-state index contributed by atoms with van der Waals surface area (Å²) >= 11 is 0. The molecule has 1 aromatic heterocycles. The topological polar surface area (TPSA) is 79.1 Å². The molecule has 1 aliphatic heterocycles. The number of benzene rings is 1. The van der Waals surface area contributed by atoms with Crippen LogP contribution in [0.3, 0.4) is 0 Å². The van der Waals surface area contributed by atoms with Crippen LogP contribution in [0.5, 0.6) is 0 Å².